The normalized spacial score (nSPS) is 8.86. The minimum Gasteiger partial charge on any atom is -0.0975 e. The zero-order chi connectivity index (χ0) is 5.54. The highest BCUT2D eigenvalue weighted by atomic mass is 27.1. The van der Waals surface area contributed by atoms with Gasteiger partial charge in [0.15, 0.2) is 0 Å². The highest BCUT2D eigenvalue weighted by Gasteiger charge is 1.86. The predicted octanol–water partition coefficient (Wildman–Crippen LogP) is 2.08. The van der Waals surface area contributed by atoms with Gasteiger partial charge in [0.1, 0.15) is 0 Å². The van der Waals surface area contributed by atoms with Crippen molar-refractivity contribution in [1.29, 1.82) is 0 Å². The first-order valence-electron chi connectivity index (χ1n) is 3.41. The average molecular weight is 114 g/mol. The van der Waals surface area contributed by atoms with Crippen LogP contribution in [-0.4, -0.2) is 15.2 Å². The number of rotatable bonds is 4. The molecule has 0 aliphatic rings. The third-order valence-electron chi connectivity index (χ3n) is 1.21. The smallest absolute Gasteiger partial charge is 0.0975 e. The van der Waals surface area contributed by atoms with Crippen LogP contribution in [0.25, 0.3) is 0 Å². The van der Waals surface area contributed by atoms with E-state index >= 15 is 0 Å². The van der Waals surface area contributed by atoms with Gasteiger partial charge < -0.3 is 0 Å². The van der Waals surface area contributed by atoms with Gasteiger partial charge in [0.2, 0.25) is 15.2 Å². The molecule has 0 saturated heterocycles. The Labute approximate surface area is 53.0 Å². The van der Waals surface area contributed by atoms with Crippen LogP contribution >= 0.6 is 0 Å². The molecule has 0 rings (SSSR count). The minimum atomic E-state index is 0.411. The van der Waals surface area contributed by atoms with Crippen molar-refractivity contribution in [3.05, 3.63) is 0 Å². The van der Waals surface area contributed by atoms with Crippen LogP contribution in [0.3, 0.4) is 0 Å². The van der Waals surface area contributed by atoms with Crippen molar-refractivity contribution in [2.75, 3.05) is 0 Å². The van der Waals surface area contributed by atoms with Crippen LogP contribution < -0.4 is 0 Å². The molecule has 0 saturated carbocycles. The van der Waals surface area contributed by atoms with Gasteiger partial charge in [0.05, 0.1) is 0 Å². The maximum absolute atomic E-state index is 2.28. The number of hydrogen-bond acceptors (Lipinski definition) is 0. The Bertz CT molecular complexity index is 23.4. The third kappa shape index (κ3) is 6.53. The van der Waals surface area contributed by atoms with Crippen molar-refractivity contribution in [2.45, 2.75) is 37.3 Å². The first-order chi connectivity index (χ1) is 3.41. The lowest BCUT2D eigenvalue weighted by molar-refractivity contribution is 1.02. The molecule has 0 bridgehead atoms. The zero-order valence-corrected chi connectivity index (χ0v) is 6.95. The Morgan fingerprint density at radius 3 is 1.71 bits per heavy atom. The van der Waals surface area contributed by atoms with Crippen LogP contribution in [0.5, 0.6) is 0 Å². The molecule has 0 aromatic rings. The van der Waals surface area contributed by atoms with Crippen LogP contribution in [0.15, 0.2) is 0 Å². The van der Waals surface area contributed by atoms with Crippen molar-refractivity contribution in [2.24, 2.45) is 0 Å². The minimum absolute atomic E-state index is 0.411. The quantitative estimate of drug-likeness (QED) is 0.387. The molecular formula is C6H15Al. The molecule has 0 spiro atoms. The van der Waals surface area contributed by atoms with Crippen LogP contribution in [0.4, 0.5) is 0 Å². The monoisotopic (exact) mass is 114 g/mol. The second kappa shape index (κ2) is 6.53. The lowest BCUT2D eigenvalue weighted by Gasteiger charge is -1.86. The summed E-state index contributed by atoms with van der Waals surface area (Å²) in [6.45, 7) is 4.56. The fourth-order valence-electron chi connectivity index (χ4n) is 0.677. The molecule has 0 radical (unpaired) electrons. The summed E-state index contributed by atoms with van der Waals surface area (Å²) >= 11 is 0.411. The maximum atomic E-state index is 2.28. The summed E-state index contributed by atoms with van der Waals surface area (Å²) in [5.41, 5.74) is 0. The van der Waals surface area contributed by atoms with E-state index < -0.39 is 0 Å². The van der Waals surface area contributed by atoms with E-state index in [2.05, 4.69) is 13.8 Å². The zero-order valence-electron chi connectivity index (χ0n) is 5.54. The molecule has 0 heterocycles. The molecule has 0 unspecified atom stereocenters. The van der Waals surface area contributed by atoms with Crippen molar-refractivity contribution in [3.63, 3.8) is 0 Å². The fourth-order valence-corrected chi connectivity index (χ4v) is 2.03. The summed E-state index contributed by atoms with van der Waals surface area (Å²) in [5, 5.41) is 3.13. The molecule has 0 amide bonds. The molecule has 7 heavy (non-hydrogen) atoms. The van der Waals surface area contributed by atoms with Gasteiger partial charge in [0, 0.05) is 0 Å². The summed E-state index contributed by atoms with van der Waals surface area (Å²) in [6, 6.07) is 0. The van der Waals surface area contributed by atoms with Gasteiger partial charge in [-0.15, -0.1) is 0 Å². The molecule has 42 valence electrons. The van der Waals surface area contributed by atoms with E-state index in [4.69, 9.17) is 0 Å². The second-order valence-electron chi connectivity index (χ2n) is 2.06. The van der Waals surface area contributed by atoms with Gasteiger partial charge in [-0.05, 0) is 0 Å². The van der Waals surface area contributed by atoms with E-state index in [9.17, 15) is 0 Å². The van der Waals surface area contributed by atoms with Crippen molar-refractivity contribution in [3.8, 4) is 0 Å². The summed E-state index contributed by atoms with van der Waals surface area (Å²) in [5.74, 6) is 0. The van der Waals surface area contributed by atoms with Gasteiger partial charge in [-0.2, -0.15) is 0 Å². The summed E-state index contributed by atoms with van der Waals surface area (Å²) in [7, 11) is 0. The lowest BCUT2D eigenvalue weighted by Crippen LogP contribution is -1.84. The third-order valence-corrected chi connectivity index (χ3v) is 3.62. The van der Waals surface area contributed by atoms with Crippen LogP contribution in [0, 0.1) is 0 Å². The first kappa shape index (κ1) is 7.53. The molecule has 0 atom stereocenters. The van der Waals surface area contributed by atoms with Crippen molar-refractivity contribution >= 4 is 15.2 Å². The van der Waals surface area contributed by atoms with E-state index in [-0.39, 0.29) is 0 Å². The fraction of sp³-hybridized carbons (Fsp3) is 1.00. The van der Waals surface area contributed by atoms with Gasteiger partial charge >= 0.3 is 0 Å². The SMILES string of the molecule is CC[CH2][AlH][CH2]CC. The molecule has 0 nitrogen and oxygen atoms in total. The molecule has 0 fully saturated rings. The summed E-state index contributed by atoms with van der Waals surface area (Å²) < 4.78 is 0. The Kier molecular flexibility index (Phi) is 7.03. The Morgan fingerprint density at radius 2 is 1.43 bits per heavy atom. The van der Waals surface area contributed by atoms with Crippen LogP contribution in [-0.2, 0) is 0 Å². The summed E-state index contributed by atoms with van der Waals surface area (Å²) in [4.78, 5) is 0. The maximum Gasteiger partial charge on any atom is 0.236 e. The van der Waals surface area contributed by atoms with Gasteiger partial charge in [-0.1, -0.05) is 37.3 Å². The van der Waals surface area contributed by atoms with Crippen LogP contribution in [0.2, 0.25) is 10.6 Å². The van der Waals surface area contributed by atoms with E-state index in [0.29, 0.717) is 15.2 Å². The molecule has 0 aliphatic carbocycles. The van der Waals surface area contributed by atoms with E-state index in [1.165, 1.54) is 12.8 Å². The largest absolute Gasteiger partial charge is 0.236 e. The Morgan fingerprint density at radius 1 is 1.00 bits per heavy atom. The Hall–Kier alpha value is 0.532. The topological polar surface area (TPSA) is 0 Å². The van der Waals surface area contributed by atoms with Crippen molar-refractivity contribution < 1.29 is 0 Å². The van der Waals surface area contributed by atoms with Crippen LogP contribution in [0.1, 0.15) is 26.7 Å². The van der Waals surface area contributed by atoms with E-state index in [1.807, 2.05) is 0 Å². The molecule has 1 heteroatoms. The molecule has 0 aliphatic heterocycles. The van der Waals surface area contributed by atoms with E-state index in [1.54, 1.807) is 10.6 Å². The lowest BCUT2D eigenvalue weighted by atomic mass is 10.6. The van der Waals surface area contributed by atoms with Crippen molar-refractivity contribution in [1.82, 2.24) is 0 Å². The highest BCUT2D eigenvalue weighted by Crippen LogP contribution is 1.92. The summed E-state index contributed by atoms with van der Waals surface area (Å²) in [6.07, 6.45) is 2.85. The highest BCUT2D eigenvalue weighted by molar-refractivity contribution is 6.35. The first-order valence-corrected chi connectivity index (χ1v) is 5.41. The van der Waals surface area contributed by atoms with E-state index in [0.717, 1.165) is 0 Å². The number of hydrogen-bond donors (Lipinski definition) is 0. The predicted molar refractivity (Wildman–Crippen MR) is 37.3 cm³/mol. The molecule has 0 N–H and O–H groups in total. The Balaban J connectivity index is 2.45. The second-order valence-corrected chi connectivity index (χ2v) is 4.18. The van der Waals surface area contributed by atoms with Gasteiger partial charge in [0.25, 0.3) is 0 Å². The molecule has 0 aromatic carbocycles. The van der Waals surface area contributed by atoms with Gasteiger partial charge in [-0.3, -0.25) is 0 Å². The van der Waals surface area contributed by atoms with Gasteiger partial charge in [-0.25, -0.2) is 0 Å². The average Bonchev–Trinajstić information content (AvgIpc) is 1.69. The molecular weight excluding hydrogens is 99.0 g/mol. The molecule has 0 aromatic heterocycles. The standard InChI is InChI=1S/2C3H7.Al.H/c2*1-3-2;;/h2*1,3H2,2H3;;.